The molecule has 31 heavy (non-hydrogen) atoms. The van der Waals surface area contributed by atoms with Gasteiger partial charge in [0.25, 0.3) is 5.91 Å². The summed E-state index contributed by atoms with van der Waals surface area (Å²) >= 11 is 0. The van der Waals surface area contributed by atoms with E-state index in [4.69, 9.17) is 0 Å². The Balaban J connectivity index is 1.48. The fourth-order valence-corrected chi connectivity index (χ4v) is 5.02. The van der Waals surface area contributed by atoms with Gasteiger partial charge in [-0.25, -0.2) is 8.42 Å². The number of anilines is 1. The van der Waals surface area contributed by atoms with Crippen LogP contribution in [-0.2, 0) is 10.0 Å². The van der Waals surface area contributed by atoms with E-state index in [-0.39, 0.29) is 10.8 Å². The van der Waals surface area contributed by atoms with Crippen molar-refractivity contribution < 1.29 is 13.2 Å². The summed E-state index contributed by atoms with van der Waals surface area (Å²) in [6, 6.07) is 23.8. The summed E-state index contributed by atoms with van der Waals surface area (Å²) in [5.41, 5.74) is 3.11. The molecule has 1 aliphatic rings. The van der Waals surface area contributed by atoms with E-state index in [1.807, 2.05) is 61.6 Å². The van der Waals surface area contributed by atoms with Crippen LogP contribution in [0.2, 0.25) is 0 Å². The van der Waals surface area contributed by atoms with Gasteiger partial charge in [-0.1, -0.05) is 48.5 Å². The van der Waals surface area contributed by atoms with Crippen LogP contribution in [0.3, 0.4) is 0 Å². The van der Waals surface area contributed by atoms with Gasteiger partial charge >= 0.3 is 0 Å². The first-order valence-corrected chi connectivity index (χ1v) is 11.6. The minimum atomic E-state index is -3.62. The molecule has 0 saturated carbocycles. The van der Waals surface area contributed by atoms with Crippen molar-refractivity contribution in [1.29, 1.82) is 0 Å². The monoisotopic (exact) mass is 435 g/mol. The van der Waals surface area contributed by atoms with Gasteiger partial charge in [0.1, 0.15) is 0 Å². The van der Waals surface area contributed by atoms with E-state index in [2.05, 4.69) is 10.2 Å². The molecule has 0 spiro atoms. The molecule has 7 heteroatoms. The summed E-state index contributed by atoms with van der Waals surface area (Å²) in [6.07, 6.45) is 0. The number of carbonyl (C=O) groups is 1. The van der Waals surface area contributed by atoms with Gasteiger partial charge in [0.15, 0.2) is 0 Å². The van der Waals surface area contributed by atoms with Crippen molar-refractivity contribution >= 4 is 21.6 Å². The lowest BCUT2D eigenvalue weighted by molar-refractivity contribution is 0.102. The van der Waals surface area contributed by atoms with Gasteiger partial charge in [-0.15, -0.1) is 0 Å². The maximum Gasteiger partial charge on any atom is 0.255 e. The van der Waals surface area contributed by atoms with E-state index >= 15 is 0 Å². The van der Waals surface area contributed by atoms with Crippen LogP contribution in [0.5, 0.6) is 0 Å². The molecule has 1 N–H and O–H groups in total. The number of rotatable bonds is 5. The summed E-state index contributed by atoms with van der Waals surface area (Å²) in [5.74, 6) is -0.345. The normalized spacial score (nSPS) is 15.5. The van der Waals surface area contributed by atoms with E-state index < -0.39 is 10.0 Å². The summed E-state index contributed by atoms with van der Waals surface area (Å²) in [7, 11) is -1.65. The average molecular weight is 436 g/mol. The second-order valence-corrected chi connectivity index (χ2v) is 9.57. The second kappa shape index (κ2) is 9.01. The zero-order valence-electron chi connectivity index (χ0n) is 17.4. The molecule has 1 aliphatic heterocycles. The second-order valence-electron chi connectivity index (χ2n) is 7.63. The molecule has 3 aromatic carbocycles. The van der Waals surface area contributed by atoms with Gasteiger partial charge in [0.2, 0.25) is 10.0 Å². The number of nitrogens with zero attached hydrogens (tertiary/aromatic N) is 2. The lowest BCUT2D eigenvalue weighted by atomic mass is 10.1. The first-order valence-electron chi connectivity index (χ1n) is 10.2. The van der Waals surface area contributed by atoms with Crippen LogP contribution in [0.1, 0.15) is 10.4 Å². The molecule has 0 radical (unpaired) electrons. The van der Waals surface area contributed by atoms with Crippen LogP contribution < -0.4 is 5.32 Å². The molecule has 3 aromatic rings. The van der Waals surface area contributed by atoms with Crippen molar-refractivity contribution in [2.45, 2.75) is 4.90 Å². The van der Waals surface area contributed by atoms with Crippen LogP contribution in [0.4, 0.5) is 5.69 Å². The smallest absolute Gasteiger partial charge is 0.255 e. The highest BCUT2D eigenvalue weighted by molar-refractivity contribution is 7.89. The molecule has 6 nitrogen and oxygen atoms in total. The highest BCUT2D eigenvalue weighted by atomic mass is 32.2. The Bertz CT molecular complexity index is 1150. The van der Waals surface area contributed by atoms with Gasteiger partial charge in [-0.05, 0) is 48.5 Å². The van der Waals surface area contributed by atoms with Gasteiger partial charge in [0.05, 0.1) is 4.90 Å². The van der Waals surface area contributed by atoms with Gasteiger partial charge in [-0.3, -0.25) is 4.79 Å². The Morgan fingerprint density at radius 1 is 0.806 bits per heavy atom. The number of carbonyl (C=O) groups excluding carboxylic acids is 1. The van der Waals surface area contributed by atoms with Crippen LogP contribution >= 0.6 is 0 Å². The largest absolute Gasteiger partial charge is 0.322 e. The maximum absolute atomic E-state index is 13.0. The lowest BCUT2D eigenvalue weighted by Crippen LogP contribution is -2.47. The predicted molar refractivity (Wildman–Crippen MR) is 123 cm³/mol. The number of piperazine rings is 1. The summed E-state index contributed by atoms with van der Waals surface area (Å²) < 4.78 is 27.4. The third-order valence-corrected chi connectivity index (χ3v) is 7.34. The first kappa shape index (κ1) is 21.2. The first-order chi connectivity index (χ1) is 14.9. The molecule has 1 heterocycles. The molecular formula is C24H25N3O3S. The van der Waals surface area contributed by atoms with E-state index in [1.165, 1.54) is 10.4 Å². The van der Waals surface area contributed by atoms with Crippen LogP contribution in [0.15, 0.2) is 83.8 Å². The fourth-order valence-electron chi connectivity index (χ4n) is 3.56. The highest BCUT2D eigenvalue weighted by Crippen LogP contribution is 2.22. The molecule has 4 rings (SSSR count). The molecule has 0 bridgehead atoms. The van der Waals surface area contributed by atoms with Gasteiger partial charge in [0, 0.05) is 37.4 Å². The number of likely N-dealkylation sites (N-methyl/N-ethyl adjacent to an activating group) is 1. The standard InChI is InChI=1S/C24H25N3O3S/c1-26-14-16-27(17-15-26)31(29,30)23-9-5-8-21(18-23)24(28)25-22-12-10-20(11-13-22)19-6-3-2-4-7-19/h2-13,18H,14-17H2,1H3,(H,25,28). The Labute approximate surface area is 183 Å². The van der Waals surface area contributed by atoms with Crippen molar-refractivity contribution in [3.63, 3.8) is 0 Å². The Morgan fingerprint density at radius 2 is 1.45 bits per heavy atom. The third-order valence-electron chi connectivity index (χ3n) is 5.45. The zero-order chi connectivity index (χ0) is 21.8. The van der Waals surface area contributed by atoms with Gasteiger partial charge < -0.3 is 10.2 Å². The van der Waals surface area contributed by atoms with E-state index in [0.717, 1.165) is 11.1 Å². The summed E-state index contributed by atoms with van der Waals surface area (Å²) in [5, 5.41) is 2.85. The number of sulfonamides is 1. The molecule has 0 aromatic heterocycles. The molecule has 1 amide bonds. The fraction of sp³-hybridized carbons (Fsp3) is 0.208. The number of benzene rings is 3. The average Bonchev–Trinajstić information content (AvgIpc) is 2.80. The van der Waals surface area contributed by atoms with Crippen molar-refractivity contribution in [1.82, 2.24) is 9.21 Å². The number of hydrogen-bond donors (Lipinski definition) is 1. The lowest BCUT2D eigenvalue weighted by Gasteiger charge is -2.31. The summed E-state index contributed by atoms with van der Waals surface area (Å²) in [6.45, 7) is 2.28. The molecule has 1 fully saturated rings. The quantitative estimate of drug-likeness (QED) is 0.666. The van der Waals surface area contributed by atoms with Crippen LogP contribution in [0.25, 0.3) is 11.1 Å². The van der Waals surface area contributed by atoms with Crippen LogP contribution in [0, 0.1) is 0 Å². The molecule has 0 unspecified atom stereocenters. The molecular weight excluding hydrogens is 410 g/mol. The van der Waals surface area contributed by atoms with E-state index in [9.17, 15) is 13.2 Å². The minimum Gasteiger partial charge on any atom is -0.322 e. The zero-order valence-corrected chi connectivity index (χ0v) is 18.2. The molecule has 0 atom stereocenters. The highest BCUT2D eigenvalue weighted by Gasteiger charge is 2.27. The Morgan fingerprint density at radius 3 is 2.13 bits per heavy atom. The Hall–Kier alpha value is -3.00. The van der Waals surface area contributed by atoms with Gasteiger partial charge in [-0.2, -0.15) is 4.31 Å². The Kier molecular flexibility index (Phi) is 6.18. The third kappa shape index (κ3) is 4.85. The number of hydrogen-bond acceptors (Lipinski definition) is 4. The molecule has 0 aliphatic carbocycles. The van der Waals surface area contributed by atoms with E-state index in [1.54, 1.807) is 18.2 Å². The molecule has 1 saturated heterocycles. The van der Waals surface area contributed by atoms with E-state index in [0.29, 0.717) is 37.4 Å². The SMILES string of the molecule is CN1CCN(S(=O)(=O)c2cccc(C(=O)Nc3ccc(-c4ccccc4)cc3)c2)CC1. The molecule has 160 valence electrons. The number of amides is 1. The minimum absolute atomic E-state index is 0.143. The van der Waals surface area contributed by atoms with Crippen LogP contribution in [-0.4, -0.2) is 56.8 Å². The van der Waals surface area contributed by atoms with Crippen molar-refractivity contribution in [3.8, 4) is 11.1 Å². The predicted octanol–water partition coefficient (Wildman–Crippen LogP) is 3.54. The van der Waals surface area contributed by atoms with Crippen molar-refractivity contribution in [3.05, 3.63) is 84.4 Å². The summed E-state index contributed by atoms with van der Waals surface area (Å²) in [4.78, 5) is 15.0. The van der Waals surface area contributed by atoms with Crippen molar-refractivity contribution in [2.75, 3.05) is 38.5 Å². The number of nitrogens with one attached hydrogen (secondary N) is 1. The van der Waals surface area contributed by atoms with Crippen molar-refractivity contribution in [2.24, 2.45) is 0 Å². The topological polar surface area (TPSA) is 69.7 Å². The maximum atomic E-state index is 13.0.